The Labute approximate surface area is 118 Å². The number of fused-ring (bicyclic) bond motifs is 1. The minimum Gasteiger partial charge on any atom is -0.464 e. The van der Waals surface area contributed by atoms with Crippen molar-refractivity contribution in [2.45, 2.75) is 26.4 Å². The molecule has 102 valence electrons. The number of furan rings is 1. The van der Waals surface area contributed by atoms with E-state index in [1.807, 2.05) is 24.5 Å². The molecule has 0 aliphatic rings. The summed E-state index contributed by atoms with van der Waals surface area (Å²) in [6.07, 6.45) is 6.60. The molecule has 3 heteroatoms. The lowest BCUT2D eigenvalue weighted by Gasteiger charge is -2.06. The third kappa shape index (κ3) is 2.89. The molecule has 0 unspecified atom stereocenters. The van der Waals surface area contributed by atoms with Gasteiger partial charge in [0.2, 0.25) is 0 Å². The van der Waals surface area contributed by atoms with Crippen molar-refractivity contribution in [3.05, 3.63) is 65.7 Å². The molecular formula is C17H18N2O. The van der Waals surface area contributed by atoms with Crippen LogP contribution in [-0.4, -0.2) is 4.98 Å². The largest absolute Gasteiger partial charge is 0.464 e. The predicted molar refractivity (Wildman–Crippen MR) is 80.4 cm³/mol. The van der Waals surface area contributed by atoms with Gasteiger partial charge in [0, 0.05) is 30.9 Å². The van der Waals surface area contributed by atoms with Crippen LogP contribution < -0.4 is 5.32 Å². The van der Waals surface area contributed by atoms with E-state index in [0.717, 1.165) is 30.5 Å². The average Bonchev–Trinajstić information content (AvgIpc) is 2.95. The summed E-state index contributed by atoms with van der Waals surface area (Å²) in [7, 11) is 0. The summed E-state index contributed by atoms with van der Waals surface area (Å²) in [5, 5.41) is 4.61. The van der Waals surface area contributed by atoms with Gasteiger partial charge in [0.15, 0.2) is 0 Å². The monoisotopic (exact) mass is 266 g/mol. The average molecular weight is 266 g/mol. The molecule has 0 saturated heterocycles. The van der Waals surface area contributed by atoms with Crippen LogP contribution in [0.4, 0.5) is 0 Å². The molecule has 1 N–H and O–H groups in total. The topological polar surface area (TPSA) is 38.1 Å². The van der Waals surface area contributed by atoms with Crippen LogP contribution in [0, 0.1) is 0 Å². The van der Waals surface area contributed by atoms with E-state index < -0.39 is 0 Å². The van der Waals surface area contributed by atoms with Gasteiger partial charge in [0.05, 0.1) is 6.26 Å². The highest BCUT2D eigenvalue weighted by Gasteiger charge is 2.00. The summed E-state index contributed by atoms with van der Waals surface area (Å²) in [5.74, 6) is 0. The Kier molecular flexibility index (Phi) is 3.79. The number of benzene rings is 1. The normalized spacial score (nSPS) is 11.1. The lowest BCUT2D eigenvalue weighted by atomic mass is 10.1. The fraction of sp³-hybridized carbons (Fsp3) is 0.235. The minimum atomic E-state index is 0.838. The number of hydrogen-bond acceptors (Lipinski definition) is 3. The van der Waals surface area contributed by atoms with Crippen LogP contribution in [0.2, 0.25) is 0 Å². The number of nitrogens with one attached hydrogen (secondary N) is 1. The number of rotatable bonds is 5. The second kappa shape index (κ2) is 5.88. The van der Waals surface area contributed by atoms with Crippen LogP contribution in [0.15, 0.2) is 53.4 Å². The molecule has 0 saturated carbocycles. The molecule has 3 rings (SSSR count). The first kappa shape index (κ1) is 12.9. The quantitative estimate of drug-likeness (QED) is 0.765. The van der Waals surface area contributed by atoms with Crippen LogP contribution >= 0.6 is 0 Å². The zero-order valence-corrected chi connectivity index (χ0v) is 11.6. The van der Waals surface area contributed by atoms with Gasteiger partial charge < -0.3 is 9.73 Å². The van der Waals surface area contributed by atoms with Gasteiger partial charge >= 0.3 is 0 Å². The Morgan fingerprint density at radius 2 is 1.85 bits per heavy atom. The highest BCUT2D eigenvalue weighted by atomic mass is 16.3. The maximum Gasteiger partial charge on any atom is 0.133 e. The zero-order chi connectivity index (χ0) is 13.8. The first-order valence-electron chi connectivity index (χ1n) is 6.95. The highest BCUT2D eigenvalue weighted by Crippen LogP contribution is 2.16. The Morgan fingerprint density at radius 3 is 2.75 bits per heavy atom. The van der Waals surface area contributed by atoms with Gasteiger partial charge in [-0.1, -0.05) is 19.1 Å². The second-order valence-corrected chi connectivity index (χ2v) is 4.95. The minimum absolute atomic E-state index is 0.838. The maximum atomic E-state index is 5.34. The van der Waals surface area contributed by atoms with E-state index >= 15 is 0 Å². The van der Waals surface area contributed by atoms with Crippen LogP contribution in [0.3, 0.4) is 0 Å². The van der Waals surface area contributed by atoms with E-state index in [4.69, 9.17) is 4.42 Å². The maximum absolute atomic E-state index is 5.34. The standard InChI is InChI=1S/C17H18N2O/c1-2-13-7-15(11-18-9-13)12-19-10-14-3-4-17-16(8-14)5-6-20-17/h3-9,11,19H,2,10,12H2,1H3. The fourth-order valence-corrected chi connectivity index (χ4v) is 2.31. The molecule has 2 heterocycles. The van der Waals surface area contributed by atoms with Gasteiger partial charge in [-0.3, -0.25) is 4.98 Å². The van der Waals surface area contributed by atoms with Crippen molar-refractivity contribution in [3.8, 4) is 0 Å². The number of aryl methyl sites for hydroxylation is 1. The van der Waals surface area contributed by atoms with Crippen molar-refractivity contribution in [1.29, 1.82) is 0 Å². The molecule has 2 aromatic heterocycles. The van der Waals surface area contributed by atoms with Crippen LogP contribution in [-0.2, 0) is 19.5 Å². The summed E-state index contributed by atoms with van der Waals surface area (Å²) >= 11 is 0. The molecule has 0 amide bonds. The Balaban J connectivity index is 1.61. The van der Waals surface area contributed by atoms with Gasteiger partial charge in [-0.05, 0) is 41.3 Å². The van der Waals surface area contributed by atoms with Gasteiger partial charge in [-0.2, -0.15) is 0 Å². The van der Waals surface area contributed by atoms with E-state index in [0.29, 0.717) is 0 Å². The predicted octanol–water partition coefficient (Wildman–Crippen LogP) is 3.68. The SMILES string of the molecule is CCc1cncc(CNCc2ccc3occc3c2)c1. The van der Waals surface area contributed by atoms with Crippen LogP contribution in [0.5, 0.6) is 0 Å². The smallest absolute Gasteiger partial charge is 0.133 e. The van der Waals surface area contributed by atoms with Gasteiger partial charge in [0.25, 0.3) is 0 Å². The summed E-state index contributed by atoms with van der Waals surface area (Å²) in [6.45, 7) is 3.83. The third-order valence-electron chi connectivity index (χ3n) is 3.43. The Morgan fingerprint density at radius 1 is 1.00 bits per heavy atom. The molecule has 3 nitrogen and oxygen atoms in total. The van der Waals surface area contributed by atoms with E-state index in [-0.39, 0.29) is 0 Å². The molecule has 0 bridgehead atoms. The zero-order valence-electron chi connectivity index (χ0n) is 11.6. The highest BCUT2D eigenvalue weighted by molar-refractivity contribution is 5.77. The number of nitrogens with zero attached hydrogens (tertiary/aromatic N) is 1. The van der Waals surface area contributed by atoms with Crippen LogP contribution in [0.25, 0.3) is 11.0 Å². The molecule has 0 fully saturated rings. The van der Waals surface area contributed by atoms with E-state index in [1.165, 1.54) is 16.7 Å². The molecule has 0 radical (unpaired) electrons. The van der Waals surface area contributed by atoms with E-state index in [9.17, 15) is 0 Å². The van der Waals surface area contributed by atoms with Crippen LogP contribution in [0.1, 0.15) is 23.6 Å². The van der Waals surface area contributed by atoms with E-state index in [2.05, 4.69) is 35.4 Å². The number of aromatic nitrogens is 1. The van der Waals surface area contributed by atoms with E-state index in [1.54, 1.807) is 6.26 Å². The molecule has 0 aliphatic carbocycles. The van der Waals surface area contributed by atoms with Gasteiger partial charge in [-0.25, -0.2) is 0 Å². The summed E-state index contributed by atoms with van der Waals surface area (Å²) < 4.78 is 5.34. The Bertz CT molecular complexity index is 703. The third-order valence-corrected chi connectivity index (χ3v) is 3.43. The van der Waals surface area contributed by atoms with Gasteiger partial charge in [0.1, 0.15) is 5.58 Å². The molecule has 1 aromatic carbocycles. The van der Waals surface area contributed by atoms with Crippen molar-refractivity contribution in [2.24, 2.45) is 0 Å². The van der Waals surface area contributed by atoms with Gasteiger partial charge in [-0.15, -0.1) is 0 Å². The Hall–Kier alpha value is -2.13. The molecule has 0 atom stereocenters. The second-order valence-electron chi connectivity index (χ2n) is 4.95. The summed E-state index contributed by atoms with van der Waals surface area (Å²) in [4.78, 5) is 4.26. The van der Waals surface area contributed by atoms with Crippen molar-refractivity contribution in [1.82, 2.24) is 10.3 Å². The molecule has 0 spiro atoms. The molecule has 3 aromatic rings. The van der Waals surface area contributed by atoms with Crippen molar-refractivity contribution >= 4 is 11.0 Å². The fourth-order valence-electron chi connectivity index (χ4n) is 2.31. The molecular weight excluding hydrogens is 248 g/mol. The van der Waals surface area contributed by atoms with Crippen molar-refractivity contribution in [3.63, 3.8) is 0 Å². The molecule has 0 aliphatic heterocycles. The molecule has 20 heavy (non-hydrogen) atoms. The number of pyridine rings is 1. The summed E-state index contributed by atoms with van der Waals surface area (Å²) in [6, 6.07) is 10.5. The van der Waals surface area contributed by atoms with Crippen molar-refractivity contribution in [2.75, 3.05) is 0 Å². The lowest BCUT2D eigenvalue weighted by molar-refractivity contribution is 0.615. The first-order chi connectivity index (χ1) is 9.85. The number of hydrogen-bond donors (Lipinski definition) is 1. The summed E-state index contributed by atoms with van der Waals surface area (Å²) in [5.41, 5.74) is 4.71. The first-order valence-corrected chi connectivity index (χ1v) is 6.95. The lowest BCUT2D eigenvalue weighted by Crippen LogP contribution is -2.12. The van der Waals surface area contributed by atoms with Crippen molar-refractivity contribution < 1.29 is 4.42 Å².